The molecule has 0 aromatic heterocycles. The second-order valence-corrected chi connectivity index (χ2v) is 6.78. The highest BCUT2D eigenvalue weighted by Crippen LogP contribution is 2.20. The first-order chi connectivity index (χ1) is 9.94. The Labute approximate surface area is 125 Å². The van der Waals surface area contributed by atoms with Crippen LogP contribution < -0.4 is 10.0 Å². The lowest BCUT2D eigenvalue weighted by Gasteiger charge is -2.17. The Balaban J connectivity index is 2.77. The number of rotatable bonds is 9. The van der Waals surface area contributed by atoms with Crippen LogP contribution in [0.5, 0.6) is 0 Å². The Hall–Kier alpha value is -1.18. The Morgan fingerprint density at radius 3 is 2.57 bits per heavy atom. The highest BCUT2D eigenvalue weighted by molar-refractivity contribution is 7.89. The maximum absolute atomic E-state index is 13.9. The zero-order chi connectivity index (χ0) is 15.9. The van der Waals surface area contributed by atoms with Gasteiger partial charge in [0.15, 0.2) is 0 Å². The van der Waals surface area contributed by atoms with Gasteiger partial charge in [0.25, 0.3) is 0 Å². The van der Waals surface area contributed by atoms with Gasteiger partial charge in [-0.3, -0.25) is 0 Å². The first-order valence-corrected chi connectivity index (χ1v) is 8.50. The van der Waals surface area contributed by atoms with Crippen molar-refractivity contribution < 1.29 is 17.9 Å². The van der Waals surface area contributed by atoms with E-state index in [1.165, 1.54) is 19.2 Å². The van der Waals surface area contributed by atoms with E-state index in [9.17, 15) is 12.8 Å². The van der Waals surface area contributed by atoms with Crippen LogP contribution >= 0.6 is 0 Å². The third-order valence-corrected chi connectivity index (χ3v) is 4.75. The molecule has 0 aliphatic heterocycles. The molecule has 7 heteroatoms. The monoisotopic (exact) mass is 318 g/mol. The molecule has 0 heterocycles. The summed E-state index contributed by atoms with van der Waals surface area (Å²) in [5, 5.41) is 12.0. The fraction of sp³-hybridized carbons (Fsp3) is 0.571. The smallest absolute Gasteiger partial charge is 0.240 e. The average molecular weight is 318 g/mol. The van der Waals surface area contributed by atoms with Crippen LogP contribution in [-0.4, -0.2) is 33.7 Å². The molecule has 1 atom stereocenters. The number of hydrogen-bond acceptors (Lipinski definition) is 4. The molecule has 1 unspecified atom stereocenters. The summed E-state index contributed by atoms with van der Waals surface area (Å²) in [5.74, 6) is -0.342. The van der Waals surface area contributed by atoms with Crippen molar-refractivity contribution in [1.82, 2.24) is 4.72 Å². The van der Waals surface area contributed by atoms with Crippen molar-refractivity contribution in [3.8, 4) is 0 Å². The van der Waals surface area contributed by atoms with E-state index >= 15 is 0 Å². The van der Waals surface area contributed by atoms with Gasteiger partial charge in [0.1, 0.15) is 5.82 Å². The second kappa shape index (κ2) is 8.31. The molecule has 5 nitrogen and oxygen atoms in total. The molecule has 0 amide bonds. The molecule has 0 saturated carbocycles. The van der Waals surface area contributed by atoms with Crippen LogP contribution in [0.25, 0.3) is 0 Å². The van der Waals surface area contributed by atoms with Crippen LogP contribution in [0.1, 0.15) is 26.2 Å². The summed E-state index contributed by atoms with van der Waals surface area (Å²) < 4.78 is 39.2. The first-order valence-electron chi connectivity index (χ1n) is 7.02. The van der Waals surface area contributed by atoms with Gasteiger partial charge < -0.3 is 10.4 Å². The predicted octanol–water partition coefficient (Wildman–Crippen LogP) is 1.94. The maximum Gasteiger partial charge on any atom is 0.240 e. The van der Waals surface area contributed by atoms with Gasteiger partial charge in [-0.25, -0.2) is 17.5 Å². The molecule has 0 fully saturated rings. The molecule has 0 aliphatic carbocycles. The molecule has 1 aromatic rings. The molecule has 3 N–H and O–H groups in total. The second-order valence-electron chi connectivity index (χ2n) is 4.90. The molecule has 1 rings (SSSR count). The van der Waals surface area contributed by atoms with Gasteiger partial charge >= 0.3 is 0 Å². The van der Waals surface area contributed by atoms with Crippen molar-refractivity contribution >= 4 is 15.7 Å². The van der Waals surface area contributed by atoms with Crippen molar-refractivity contribution in [3.05, 3.63) is 24.0 Å². The Bertz CT molecular complexity index is 543. The highest BCUT2D eigenvalue weighted by Gasteiger charge is 2.15. The van der Waals surface area contributed by atoms with E-state index in [0.717, 1.165) is 18.9 Å². The number of nitrogens with one attached hydrogen (secondary N) is 2. The van der Waals surface area contributed by atoms with Gasteiger partial charge in [0.05, 0.1) is 10.6 Å². The van der Waals surface area contributed by atoms with Crippen molar-refractivity contribution in [3.63, 3.8) is 0 Å². The molecule has 0 saturated heterocycles. The van der Waals surface area contributed by atoms with Crippen molar-refractivity contribution in [2.24, 2.45) is 5.92 Å². The van der Waals surface area contributed by atoms with Crippen molar-refractivity contribution in [1.29, 1.82) is 0 Å². The summed E-state index contributed by atoms with van der Waals surface area (Å²) in [7, 11) is -2.36. The molecule has 0 radical (unpaired) electrons. The predicted molar refractivity (Wildman–Crippen MR) is 81.2 cm³/mol. The number of anilines is 1. The van der Waals surface area contributed by atoms with E-state index in [0.29, 0.717) is 13.0 Å². The third kappa shape index (κ3) is 5.26. The molecule has 21 heavy (non-hydrogen) atoms. The quantitative estimate of drug-likeness (QED) is 0.650. The fourth-order valence-electron chi connectivity index (χ4n) is 2.12. The summed E-state index contributed by atoms with van der Waals surface area (Å²) in [5.41, 5.74) is 0.268. The normalized spacial score (nSPS) is 13.1. The van der Waals surface area contributed by atoms with E-state index in [1.54, 1.807) is 0 Å². The molecule has 0 spiro atoms. The van der Waals surface area contributed by atoms with E-state index < -0.39 is 15.8 Å². The molecular weight excluding hydrogens is 295 g/mol. The van der Waals surface area contributed by atoms with Crippen LogP contribution in [-0.2, 0) is 10.0 Å². The Morgan fingerprint density at radius 1 is 1.33 bits per heavy atom. The zero-order valence-electron chi connectivity index (χ0n) is 12.4. The summed E-state index contributed by atoms with van der Waals surface area (Å²) >= 11 is 0. The summed E-state index contributed by atoms with van der Waals surface area (Å²) in [6.45, 7) is 2.71. The first kappa shape index (κ1) is 17.9. The lowest BCUT2D eigenvalue weighted by atomic mass is 10.0. The molecular formula is C14H23FN2O3S. The van der Waals surface area contributed by atoms with Crippen LogP contribution in [0.3, 0.4) is 0 Å². The number of aliphatic hydroxyl groups excluding tert-OH is 1. The Kier molecular flexibility index (Phi) is 7.07. The molecule has 1 aromatic carbocycles. The topological polar surface area (TPSA) is 78.4 Å². The number of aliphatic hydroxyl groups is 1. The largest absolute Gasteiger partial charge is 0.396 e. The number of hydrogen-bond donors (Lipinski definition) is 3. The van der Waals surface area contributed by atoms with Crippen molar-refractivity contribution in [2.75, 3.05) is 25.5 Å². The van der Waals surface area contributed by atoms with Gasteiger partial charge in [-0.05, 0) is 44.0 Å². The number of sulfonamides is 1. The molecule has 0 aliphatic rings. The van der Waals surface area contributed by atoms with Gasteiger partial charge in [0.2, 0.25) is 10.0 Å². The van der Waals surface area contributed by atoms with Crippen LogP contribution in [0.4, 0.5) is 10.1 Å². The molecule has 120 valence electrons. The van der Waals surface area contributed by atoms with Gasteiger partial charge in [-0.2, -0.15) is 0 Å². The fourth-order valence-corrected chi connectivity index (χ4v) is 2.86. The Morgan fingerprint density at radius 2 is 2.05 bits per heavy atom. The van der Waals surface area contributed by atoms with Gasteiger partial charge in [0, 0.05) is 13.2 Å². The van der Waals surface area contributed by atoms with E-state index in [2.05, 4.69) is 17.0 Å². The van der Waals surface area contributed by atoms with Crippen LogP contribution in [0.15, 0.2) is 23.1 Å². The third-order valence-electron chi connectivity index (χ3n) is 3.34. The van der Waals surface area contributed by atoms with Crippen LogP contribution in [0, 0.1) is 11.7 Å². The lowest BCUT2D eigenvalue weighted by Crippen LogP contribution is -2.19. The summed E-state index contributed by atoms with van der Waals surface area (Å²) in [6, 6.07) is 3.77. The van der Waals surface area contributed by atoms with Gasteiger partial charge in [-0.1, -0.05) is 13.3 Å². The molecule has 0 bridgehead atoms. The van der Waals surface area contributed by atoms with Gasteiger partial charge in [-0.15, -0.1) is 0 Å². The minimum absolute atomic E-state index is 0.103. The number of benzene rings is 1. The standard InChI is InChI=1S/C14H23FN2O3S/c1-3-4-11(7-8-18)10-17-14-6-5-12(9-13(14)15)21(19,20)16-2/h5-6,9,11,16-18H,3-4,7-8,10H2,1-2H3. The van der Waals surface area contributed by atoms with E-state index in [4.69, 9.17) is 5.11 Å². The zero-order valence-corrected chi connectivity index (χ0v) is 13.2. The van der Waals surface area contributed by atoms with E-state index in [-0.39, 0.29) is 23.1 Å². The summed E-state index contributed by atoms with van der Waals surface area (Å²) in [4.78, 5) is -0.103. The van der Waals surface area contributed by atoms with Crippen LogP contribution in [0.2, 0.25) is 0 Å². The lowest BCUT2D eigenvalue weighted by molar-refractivity contribution is 0.255. The van der Waals surface area contributed by atoms with E-state index in [1.807, 2.05) is 0 Å². The van der Waals surface area contributed by atoms with Crippen molar-refractivity contribution in [2.45, 2.75) is 31.1 Å². The minimum atomic E-state index is -3.64. The SMILES string of the molecule is CCCC(CCO)CNc1ccc(S(=O)(=O)NC)cc1F. The maximum atomic E-state index is 13.9. The minimum Gasteiger partial charge on any atom is -0.396 e. The summed E-state index contributed by atoms with van der Waals surface area (Å²) in [6.07, 6.45) is 2.60. The average Bonchev–Trinajstić information content (AvgIpc) is 2.46. The number of halogens is 1. The highest BCUT2D eigenvalue weighted by atomic mass is 32.2.